The van der Waals surface area contributed by atoms with Gasteiger partial charge in [-0.2, -0.15) is 10.1 Å². The predicted molar refractivity (Wildman–Crippen MR) is 97.7 cm³/mol. The molecule has 3 heterocycles. The highest BCUT2D eigenvalue weighted by atomic mass is 19.1. The average Bonchev–Trinajstić information content (AvgIpc) is 3.12. The van der Waals surface area contributed by atoms with Crippen LogP contribution in [0.5, 0.6) is 0 Å². The minimum Gasteiger partial charge on any atom is -0.339 e. The molecule has 8 nitrogen and oxygen atoms in total. The molecule has 1 fully saturated rings. The molecule has 1 N–H and O–H groups in total. The van der Waals surface area contributed by atoms with E-state index >= 15 is 0 Å². The molecule has 0 saturated heterocycles. The third kappa shape index (κ3) is 2.81. The second-order valence-electron chi connectivity index (χ2n) is 6.76. The third-order valence-corrected chi connectivity index (χ3v) is 4.78. The predicted octanol–water partition coefficient (Wildman–Crippen LogP) is 3.17. The van der Waals surface area contributed by atoms with E-state index in [4.69, 9.17) is 4.52 Å². The van der Waals surface area contributed by atoms with Crippen molar-refractivity contribution in [2.75, 3.05) is 5.32 Å². The van der Waals surface area contributed by atoms with Gasteiger partial charge in [0.05, 0.1) is 29.4 Å². The lowest BCUT2D eigenvalue weighted by molar-refractivity contribution is 0.102. The summed E-state index contributed by atoms with van der Waals surface area (Å²) in [5, 5.41) is 11.0. The number of amides is 1. The Hall–Kier alpha value is -3.62. The van der Waals surface area contributed by atoms with Crippen molar-refractivity contribution in [2.45, 2.75) is 25.4 Å². The van der Waals surface area contributed by atoms with Crippen LogP contribution in [0.2, 0.25) is 0 Å². The van der Waals surface area contributed by atoms with Crippen LogP contribution in [0.3, 0.4) is 0 Å². The third-order valence-electron chi connectivity index (χ3n) is 4.78. The van der Waals surface area contributed by atoms with Crippen LogP contribution in [0.4, 0.5) is 10.1 Å². The molecule has 4 aromatic rings. The molecule has 28 heavy (non-hydrogen) atoms. The van der Waals surface area contributed by atoms with E-state index in [1.54, 1.807) is 29.2 Å². The molecule has 1 aromatic carbocycles. The average molecular weight is 378 g/mol. The lowest BCUT2D eigenvalue weighted by atomic mass is 10.1. The fraction of sp³-hybridized carbons (Fsp3) is 0.211. The first-order chi connectivity index (χ1) is 13.6. The van der Waals surface area contributed by atoms with Gasteiger partial charge in [-0.1, -0.05) is 17.3 Å². The van der Waals surface area contributed by atoms with Gasteiger partial charge in [0.1, 0.15) is 6.17 Å². The topological polar surface area (TPSA) is 98.2 Å². The molecule has 1 saturated carbocycles. The highest BCUT2D eigenvalue weighted by molar-refractivity contribution is 6.09. The first kappa shape index (κ1) is 16.5. The number of aromatic nitrogens is 5. The number of anilines is 1. The van der Waals surface area contributed by atoms with Crippen molar-refractivity contribution in [2.24, 2.45) is 0 Å². The van der Waals surface area contributed by atoms with Crippen LogP contribution >= 0.6 is 0 Å². The number of rotatable bonds is 4. The van der Waals surface area contributed by atoms with Crippen LogP contribution < -0.4 is 5.32 Å². The maximum Gasteiger partial charge on any atom is 0.259 e. The number of halogens is 1. The van der Waals surface area contributed by atoms with Gasteiger partial charge < -0.3 is 9.84 Å². The van der Waals surface area contributed by atoms with Gasteiger partial charge in [0.2, 0.25) is 11.7 Å². The molecule has 3 aromatic heterocycles. The Morgan fingerprint density at radius 3 is 3.04 bits per heavy atom. The van der Waals surface area contributed by atoms with Gasteiger partial charge in [-0.15, -0.1) is 0 Å². The van der Waals surface area contributed by atoms with Gasteiger partial charge in [0.25, 0.3) is 5.91 Å². The zero-order chi connectivity index (χ0) is 19.3. The van der Waals surface area contributed by atoms with Gasteiger partial charge in [0, 0.05) is 23.6 Å². The van der Waals surface area contributed by atoms with E-state index in [2.05, 4.69) is 25.5 Å². The fourth-order valence-electron chi connectivity index (χ4n) is 3.02. The summed E-state index contributed by atoms with van der Waals surface area (Å²) < 4.78 is 19.9. The van der Waals surface area contributed by atoms with Crippen LogP contribution in [0.15, 0.2) is 47.5 Å². The van der Waals surface area contributed by atoms with E-state index in [1.165, 1.54) is 6.20 Å². The largest absolute Gasteiger partial charge is 0.339 e. The van der Waals surface area contributed by atoms with E-state index in [1.807, 2.05) is 19.1 Å². The normalized spacial score (nSPS) is 18.4. The zero-order valence-electron chi connectivity index (χ0n) is 14.8. The first-order valence-corrected chi connectivity index (χ1v) is 8.77. The van der Waals surface area contributed by atoms with Crippen LogP contribution in [0.1, 0.15) is 34.2 Å². The van der Waals surface area contributed by atoms with E-state index in [0.29, 0.717) is 40.5 Å². The monoisotopic (exact) mass is 378 g/mol. The Kier molecular flexibility index (Phi) is 3.68. The molecule has 2 atom stereocenters. The molecule has 1 aliphatic rings. The summed E-state index contributed by atoms with van der Waals surface area (Å²) >= 11 is 0. The summed E-state index contributed by atoms with van der Waals surface area (Å²) in [5.41, 5.74) is 3.20. The van der Waals surface area contributed by atoms with Crippen molar-refractivity contribution < 1.29 is 13.7 Å². The second-order valence-corrected chi connectivity index (χ2v) is 6.76. The molecule has 0 aliphatic heterocycles. The van der Waals surface area contributed by atoms with E-state index in [0.717, 1.165) is 5.56 Å². The van der Waals surface area contributed by atoms with Crippen molar-refractivity contribution in [3.05, 3.63) is 60.0 Å². The van der Waals surface area contributed by atoms with Crippen LogP contribution in [-0.2, 0) is 0 Å². The fourth-order valence-corrected chi connectivity index (χ4v) is 3.02. The summed E-state index contributed by atoms with van der Waals surface area (Å²) in [6, 6.07) is 5.46. The number of fused-ring (bicyclic) bond motifs is 1. The second kappa shape index (κ2) is 6.22. The van der Waals surface area contributed by atoms with Crippen molar-refractivity contribution in [1.82, 2.24) is 24.7 Å². The van der Waals surface area contributed by atoms with Crippen LogP contribution in [-0.4, -0.2) is 36.8 Å². The molecule has 1 amide bonds. The number of nitrogens with one attached hydrogen (secondary N) is 1. The molecular weight excluding hydrogens is 363 g/mol. The molecule has 1 aliphatic carbocycles. The molecule has 5 rings (SSSR count). The molecule has 9 heteroatoms. The van der Waals surface area contributed by atoms with Gasteiger partial charge in [0.15, 0.2) is 0 Å². The van der Waals surface area contributed by atoms with E-state index in [-0.39, 0.29) is 11.8 Å². The highest BCUT2D eigenvalue weighted by Crippen LogP contribution is 2.43. The standard InChI is InChI=1S/C19H15FN6O2/c1-10-2-3-11(17-24-19(28-25-17)12-7-14(12)20)6-15(10)23-18(27)13-8-22-26-5-4-21-9-16(13)26/h2-6,8-9,12,14H,7H2,1H3,(H,23,27)/t12-,14-/m0/s1. The minimum atomic E-state index is -0.901. The Bertz CT molecular complexity index is 1200. The molecular formula is C19H15FN6O2. The maximum absolute atomic E-state index is 13.2. The first-order valence-electron chi connectivity index (χ1n) is 8.77. The summed E-state index contributed by atoms with van der Waals surface area (Å²) in [7, 11) is 0. The summed E-state index contributed by atoms with van der Waals surface area (Å²) in [4.78, 5) is 21.1. The van der Waals surface area contributed by atoms with Gasteiger partial charge in [-0.25, -0.2) is 8.91 Å². The lowest BCUT2D eigenvalue weighted by Crippen LogP contribution is -2.12. The number of nitrogens with zero attached hydrogens (tertiary/aromatic N) is 5. The van der Waals surface area contributed by atoms with Crippen LogP contribution in [0.25, 0.3) is 16.9 Å². The molecule has 0 spiro atoms. The van der Waals surface area contributed by atoms with Crippen molar-refractivity contribution in [1.29, 1.82) is 0 Å². The molecule has 0 radical (unpaired) electrons. The SMILES string of the molecule is Cc1ccc(-c2noc([C@H]3C[C@@H]3F)n2)cc1NC(=O)c1cnn2ccncc12. The number of benzene rings is 1. The Morgan fingerprint density at radius 1 is 1.36 bits per heavy atom. The van der Waals surface area contributed by atoms with Gasteiger partial charge >= 0.3 is 0 Å². The lowest BCUT2D eigenvalue weighted by Gasteiger charge is -2.09. The number of carbonyl (C=O) groups is 1. The highest BCUT2D eigenvalue weighted by Gasteiger charge is 2.43. The number of hydrogen-bond acceptors (Lipinski definition) is 6. The smallest absolute Gasteiger partial charge is 0.259 e. The van der Waals surface area contributed by atoms with Gasteiger partial charge in [-0.05, 0) is 25.0 Å². The van der Waals surface area contributed by atoms with Crippen LogP contribution in [0, 0.1) is 6.92 Å². The number of hydrogen-bond donors (Lipinski definition) is 1. The Labute approximate surface area is 158 Å². The van der Waals surface area contributed by atoms with Crippen molar-refractivity contribution in [3.63, 3.8) is 0 Å². The number of alkyl halides is 1. The van der Waals surface area contributed by atoms with E-state index in [9.17, 15) is 9.18 Å². The Morgan fingerprint density at radius 2 is 2.21 bits per heavy atom. The van der Waals surface area contributed by atoms with Crippen molar-refractivity contribution >= 4 is 17.1 Å². The molecule has 140 valence electrons. The molecule has 0 unspecified atom stereocenters. The minimum absolute atomic E-state index is 0.296. The summed E-state index contributed by atoms with van der Waals surface area (Å²) in [5.74, 6) is 0.0858. The molecule has 0 bridgehead atoms. The summed E-state index contributed by atoms with van der Waals surface area (Å²) in [6.07, 6.45) is 5.88. The Balaban J connectivity index is 1.43. The quantitative estimate of drug-likeness (QED) is 0.586. The van der Waals surface area contributed by atoms with Gasteiger partial charge in [-0.3, -0.25) is 9.78 Å². The van der Waals surface area contributed by atoms with Crippen molar-refractivity contribution in [3.8, 4) is 11.4 Å². The number of aryl methyl sites for hydroxylation is 1. The summed E-state index contributed by atoms with van der Waals surface area (Å²) in [6.45, 7) is 1.89. The number of carbonyl (C=O) groups excluding carboxylic acids is 1. The zero-order valence-corrected chi connectivity index (χ0v) is 14.8. The van der Waals surface area contributed by atoms with E-state index < -0.39 is 6.17 Å². The maximum atomic E-state index is 13.2.